The smallest absolute Gasteiger partial charge is 0.407 e. The fourth-order valence-corrected chi connectivity index (χ4v) is 9.49. The van der Waals surface area contributed by atoms with Gasteiger partial charge < -0.3 is 63.9 Å². The molecule has 1 aliphatic carbocycles. The van der Waals surface area contributed by atoms with Gasteiger partial charge in [0.05, 0.1) is 0 Å². The molecule has 442 valence electrons. The standard InChI is InChI=1S/C60H86N10O11/c1-5-20-53(72)64-34-19-16-29-48(70-60(79)81-38-45-43-25-12-10-23-41(43)42-24-11-13-26-44(42)45)56(75)69-51(37-40-21-8-7-9-22-40)58(77)66-46(27-14-17-32-61)54(73)65-47(28-15-18-33-62)55(74)68-50(36-39(3)4)57(76)67-49(30-31-52(63)71)59(78)80-35-6-2/h6-13,21-26,39,45-51H,2,5,14-20,27-38,61-62H2,1,3-4H3,(H2,63,71)(H,64,72)(H,65,73)(H,66,77)(H,67,76)(H,68,74)(H,69,75)(H,70,79)/t46-,47-,48-,49-,50-,51-/m0/s1. The number of hydrogen-bond acceptors (Lipinski definition) is 13. The molecule has 21 heteroatoms. The number of esters is 1. The third kappa shape index (κ3) is 22.8. The molecule has 6 atom stereocenters. The Morgan fingerprint density at radius 1 is 0.568 bits per heavy atom. The molecule has 0 aliphatic heterocycles. The van der Waals surface area contributed by atoms with Crippen molar-refractivity contribution in [3.63, 3.8) is 0 Å². The maximum atomic E-state index is 14.7. The van der Waals surface area contributed by atoms with E-state index in [2.05, 4.69) is 43.8 Å². The number of nitrogens with one attached hydrogen (secondary N) is 7. The van der Waals surface area contributed by atoms with Crippen LogP contribution in [0.5, 0.6) is 0 Å². The summed E-state index contributed by atoms with van der Waals surface area (Å²) in [6, 6.07) is 17.3. The zero-order valence-corrected chi connectivity index (χ0v) is 47.3. The van der Waals surface area contributed by atoms with Crippen molar-refractivity contribution in [2.24, 2.45) is 23.1 Å². The molecule has 4 rings (SSSR count). The highest BCUT2D eigenvalue weighted by Gasteiger charge is 2.35. The molecule has 0 aromatic heterocycles. The van der Waals surface area contributed by atoms with Crippen molar-refractivity contribution >= 4 is 53.4 Å². The molecule has 81 heavy (non-hydrogen) atoms. The van der Waals surface area contributed by atoms with Gasteiger partial charge in [0.15, 0.2) is 0 Å². The molecule has 21 nitrogen and oxygen atoms in total. The summed E-state index contributed by atoms with van der Waals surface area (Å²) in [5.41, 5.74) is 21.8. The van der Waals surface area contributed by atoms with Gasteiger partial charge in [-0.3, -0.25) is 33.6 Å². The molecule has 0 bridgehead atoms. The highest BCUT2D eigenvalue weighted by Crippen LogP contribution is 2.44. The highest BCUT2D eigenvalue weighted by molar-refractivity contribution is 5.97. The maximum Gasteiger partial charge on any atom is 0.407 e. The fourth-order valence-electron chi connectivity index (χ4n) is 9.49. The molecule has 0 unspecified atom stereocenters. The summed E-state index contributed by atoms with van der Waals surface area (Å²) < 4.78 is 11.0. The molecular weight excluding hydrogens is 1040 g/mol. The van der Waals surface area contributed by atoms with E-state index in [4.69, 9.17) is 26.7 Å². The van der Waals surface area contributed by atoms with Gasteiger partial charge in [-0.1, -0.05) is 112 Å². The topological polar surface area (TPSA) is 334 Å². The van der Waals surface area contributed by atoms with Crippen molar-refractivity contribution in [1.29, 1.82) is 0 Å². The second-order valence-corrected chi connectivity index (χ2v) is 20.7. The van der Waals surface area contributed by atoms with E-state index in [9.17, 15) is 43.2 Å². The van der Waals surface area contributed by atoms with E-state index >= 15 is 0 Å². The van der Waals surface area contributed by atoms with E-state index in [-0.39, 0.29) is 82.4 Å². The van der Waals surface area contributed by atoms with Crippen molar-refractivity contribution in [2.45, 2.75) is 159 Å². The van der Waals surface area contributed by atoms with Crippen LogP contribution in [-0.4, -0.2) is 123 Å². The van der Waals surface area contributed by atoms with E-state index in [0.717, 1.165) is 22.3 Å². The van der Waals surface area contributed by atoms with E-state index in [0.29, 0.717) is 70.0 Å². The maximum absolute atomic E-state index is 14.7. The molecular formula is C60H86N10O11. The number of fused-ring (bicyclic) bond motifs is 3. The van der Waals surface area contributed by atoms with Crippen LogP contribution in [0, 0.1) is 5.92 Å². The Labute approximate surface area is 476 Å². The van der Waals surface area contributed by atoms with Gasteiger partial charge in [-0.2, -0.15) is 0 Å². The quantitative estimate of drug-likeness (QED) is 0.0221. The average molecular weight is 1120 g/mol. The Morgan fingerprint density at radius 3 is 1.58 bits per heavy atom. The zero-order chi connectivity index (χ0) is 59.1. The molecule has 1 aliphatic rings. The van der Waals surface area contributed by atoms with Gasteiger partial charge >= 0.3 is 12.1 Å². The molecule has 3 aromatic rings. The van der Waals surface area contributed by atoms with Gasteiger partial charge in [0.1, 0.15) is 49.5 Å². The Hall–Kier alpha value is -7.65. The second kappa shape index (κ2) is 35.9. The van der Waals surface area contributed by atoms with Gasteiger partial charge in [0.2, 0.25) is 41.4 Å². The summed E-state index contributed by atoms with van der Waals surface area (Å²) in [6.07, 6.45) is 4.23. The van der Waals surface area contributed by atoms with Crippen LogP contribution in [0.25, 0.3) is 11.1 Å². The van der Waals surface area contributed by atoms with Crippen LogP contribution >= 0.6 is 0 Å². The van der Waals surface area contributed by atoms with Gasteiger partial charge in [-0.15, -0.1) is 0 Å². The van der Waals surface area contributed by atoms with Crippen LogP contribution in [0.3, 0.4) is 0 Å². The summed E-state index contributed by atoms with van der Waals surface area (Å²) in [4.78, 5) is 122. The number of carbonyl (C=O) groups is 9. The number of ether oxygens (including phenoxy) is 2. The Balaban J connectivity index is 1.58. The molecule has 0 spiro atoms. The molecule has 3 aromatic carbocycles. The summed E-state index contributed by atoms with van der Waals surface area (Å²) in [5, 5.41) is 19.4. The molecule has 0 heterocycles. The number of unbranched alkanes of at least 4 members (excludes halogenated alkanes) is 3. The van der Waals surface area contributed by atoms with Crippen LogP contribution in [0.15, 0.2) is 91.5 Å². The van der Waals surface area contributed by atoms with Crippen LogP contribution in [0.1, 0.15) is 133 Å². The number of hydrogen-bond donors (Lipinski definition) is 10. The number of benzene rings is 3. The van der Waals surface area contributed by atoms with E-state index in [1.807, 2.05) is 69.3 Å². The SMILES string of the molecule is C=CCOC(=O)[C@H](CCC(N)=O)NC(=O)[C@H](CC(C)C)NC(=O)[C@H](CCCCN)NC(=O)[C@H](CCCCN)NC(=O)[C@H](Cc1ccccc1)NC(=O)[C@H](CCCCNC(=O)CCC)NC(=O)OCC1c2ccccc2-c2ccccc21. The fraction of sp³-hybridized carbons (Fsp3) is 0.517. The van der Waals surface area contributed by atoms with E-state index in [1.165, 1.54) is 6.08 Å². The lowest BCUT2D eigenvalue weighted by molar-refractivity contribution is -0.147. The summed E-state index contributed by atoms with van der Waals surface area (Å²) in [6.45, 7) is 9.86. The van der Waals surface area contributed by atoms with Gasteiger partial charge in [0, 0.05) is 31.7 Å². The first-order valence-corrected chi connectivity index (χ1v) is 28.4. The Kier molecular flexibility index (Phi) is 29.2. The second-order valence-electron chi connectivity index (χ2n) is 20.7. The predicted octanol–water partition coefficient (Wildman–Crippen LogP) is 3.95. The molecule has 0 saturated heterocycles. The third-order valence-corrected chi connectivity index (χ3v) is 13.7. The summed E-state index contributed by atoms with van der Waals surface area (Å²) >= 11 is 0. The van der Waals surface area contributed by atoms with Crippen LogP contribution in [-0.2, 0) is 54.3 Å². The van der Waals surface area contributed by atoms with Gasteiger partial charge in [-0.25, -0.2) is 9.59 Å². The Morgan fingerprint density at radius 2 is 1.05 bits per heavy atom. The van der Waals surface area contributed by atoms with Crippen molar-refractivity contribution < 1.29 is 52.6 Å². The van der Waals surface area contributed by atoms with Crippen molar-refractivity contribution in [3.8, 4) is 11.1 Å². The number of primary amides is 1. The first kappa shape index (κ1) is 65.9. The van der Waals surface area contributed by atoms with Crippen molar-refractivity contribution in [3.05, 3.63) is 108 Å². The van der Waals surface area contributed by atoms with Gasteiger partial charge in [-0.05, 0) is 124 Å². The number of rotatable bonds is 38. The van der Waals surface area contributed by atoms with Crippen LogP contribution in [0.4, 0.5) is 4.79 Å². The first-order chi connectivity index (χ1) is 39.0. The molecule has 0 radical (unpaired) electrons. The molecule has 0 fully saturated rings. The minimum absolute atomic E-state index is 0.0114. The average Bonchev–Trinajstić information content (AvgIpc) is 3.92. The lowest BCUT2D eigenvalue weighted by Crippen LogP contribution is -2.60. The normalized spacial score (nSPS) is 13.8. The number of amides is 8. The summed E-state index contributed by atoms with van der Waals surface area (Å²) in [7, 11) is 0. The van der Waals surface area contributed by atoms with Crippen LogP contribution in [0.2, 0.25) is 0 Å². The van der Waals surface area contributed by atoms with Crippen molar-refractivity contribution in [1.82, 2.24) is 37.2 Å². The van der Waals surface area contributed by atoms with E-state index in [1.54, 1.807) is 30.3 Å². The van der Waals surface area contributed by atoms with Crippen LogP contribution < -0.4 is 54.4 Å². The minimum Gasteiger partial charge on any atom is -0.460 e. The lowest BCUT2D eigenvalue weighted by atomic mass is 9.98. The monoisotopic (exact) mass is 1120 g/mol. The Bertz CT molecular complexity index is 2500. The third-order valence-electron chi connectivity index (χ3n) is 13.7. The lowest BCUT2D eigenvalue weighted by Gasteiger charge is -2.28. The predicted molar refractivity (Wildman–Crippen MR) is 308 cm³/mol. The molecule has 0 saturated carbocycles. The van der Waals surface area contributed by atoms with Crippen molar-refractivity contribution in [2.75, 3.05) is 32.8 Å². The zero-order valence-electron chi connectivity index (χ0n) is 47.3. The molecule has 8 amide bonds. The number of alkyl carbamates (subject to hydrolysis) is 1. The largest absolute Gasteiger partial charge is 0.460 e. The number of nitrogens with two attached hydrogens (primary N) is 3. The summed E-state index contributed by atoms with van der Waals surface area (Å²) in [5.74, 6) is -5.61. The first-order valence-electron chi connectivity index (χ1n) is 28.4. The minimum atomic E-state index is -1.29. The van der Waals surface area contributed by atoms with Gasteiger partial charge in [0.25, 0.3) is 0 Å². The number of carbonyl (C=O) groups excluding carboxylic acids is 9. The molecule has 13 N–H and O–H groups in total. The van der Waals surface area contributed by atoms with E-state index < -0.39 is 83.8 Å². The highest BCUT2D eigenvalue weighted by atomic mass is 16.5.